The van der Waals surface area contributed by atoms with Crippen LogP contribution in [0.1, 0.15) is 16.8 Å². The Balaban J connectivity index is 2.33. The number of ether oxygens (including phenoxy) is 1. The molecule has 1 aliphatic rings. The second kappa shape index (κ2) is 4.74. The van der Waals surface area contributed by atoms with Crippen LogP contribution in [0.15, 0.2) is 29.2 Å². The zero-order valence-corrected chi connectivity index (χ0v) is 10.5. The molecular weight excluding hydrogens is 270 g/mol. The van der Waals surface area contributed by atoms with E-state index < -0.39 is 22.0 Å². The predicted molar refractivity (Wildman–Crippen MR) is 64.6 cm³/mol. The molecule has 0 saturated carbocycles. The van der Waals surface area contributed by atoms with Gasteiger partial charge in [0.15, 0.2) is 0 Å². The maximum atomic E-state index is 12.0. The molecule has 0 radical (unpaired) electrons. The van der Waals surface area contributed by atoms with E-state index in [0.717, 1.165) is 0 Å². The lowest BCUT2D eigenvalue weighted by Crippen LogP contribution is -2.36. The van der Waals surface area contributed by atoms with Gasteiger partial charge >= 0.3 is 6.09 Å². The van der Waals surface area contributed by atoms with Crippen molar-refractivity contribution in [3.63, 3.8) is 0 Å². The van der Waals surface area contributed by atoms with Crippen LogP contribution in [0.3, 0.4) is 0 Å². The molecule has 1 aromatic rings. The Morgan fingerprint density at radius 1 is 1.37 bits per heavy atom. The Bertz CT molecular complexity index is 686. The Hall–Kier alpha value is -2.33. The molecule has 2 rings (SSSR count). The van der Waals surface area contributed by atoms with Crippen molar-refractivity contribution in [1.29, 1.82) is 0 Å². The number of sulfonamides is 1. The fourth-order valence-electron chi connectivity index (χ4n) is 1.62. The molecule has 6 nitrogen and oxygen atoms in total. The van der Waals surface area contributed by atoms with E-state index in [1.807, 2.05) is 0 Å². The standard InChI is InChI=1S/C12H9NO5S/c1-2-3-8-18-12(15)13-11(14)9-6-4-5-7-10(9)19(13,16)17/h1,4-7H,3,8H2. The molecule has 19 heavy (non-hydrogen) atoms. The molecule has 1 aliphatic heterocycles. The first-order valence-electron chi connectivity index (χ1n) is 5.29. The molecule has 1 aromatic carbocycles. The number of amides is 2. The maximum absolute atomic E-state index is 12.0. The fourth-order valence-corrected chi connectivity index (χ4v) is 3.07. The van der Waals surface area contributed by atoms with Gasteiger partial charge in [0.05, 0.1) is 5.56 Å². The zero-order chi connectivity index (χ0) is 14.0. The van der Waals surface area contributed by atoms with Gasteiger partial charge in [-0.3, -0.25) is 4.79 Å². The predicted octanol–water partition coefficient (Wildman–Crippen LogP) is 0.991. The lowest BCUT2D eigenvalue weighted by molar-refractivity contribution is 0.0811. The van der Waals surface area contributed by atoms with Crippen LogP contribution >= 0.6 is 0 Å². The molecular formula is C12H9NO5S. The summed E-state index contributed by atoms with van der Waals surface area (Å²) in [5.41, 5.74) is -0.0450. The van der Waals surface area contributed by atoms with Crippen molar-refractivity contribution >= 4 is 22.0 Å². The van der Waals surface area contributed by atoms with E-state index in [2.05, 4.69) is 10.7 Å². The van der Waals surface area contributed by atoms with E-state index in [1.54, 1.807) is 0 Å². The van der Waals surface area contributed by atoms with E-state index in [0.29, 0.717) is 0 Å². The number of rotatable bonds is 2. The highest BCUT2D eigenvalue weighted by molar-refractivity contribution is 7.90. The molecule has 0 atom stereocenters. The average Bonchev–Trinajstić information content (AvgIpc) is 2.58. The topological polar surface area (TPSA) is 80.8 Å². The van der Waals surface area contributed by atoms with Gasteiger partial charge in [-0.2, -0.15) is 0 Å². The molecule has 0 unspecified atom stereocenters. The van der Waals surface area contributed by atoms with Gasteiger partial charge in [-0.25, -0.2) is 13.2 Å². The summed E-state index contributed by atoms with van der Waals surface area (Å²) in [5.74, 6) is 1.32. The number of hydrogen-bond donors (Lipinski definition) is 0. The average molecular weight is 279 g/mol. The second-order valence-electron chi connectivity index (χ2n) is 3.64. The minimum absolute atomic E-state index is 0.0450. The number of benzene rings is 1. The summed E-state index contributed by atoms with van der Waals surface area (Å²) in [7, 11) is -4.17. The molecule has 0 fully saturated rings. The molecule has 7 heteroatoms. The fraction of sp³-hybridized carbons (Fsp3) is 0.167. The maximum Gasteiger partial charge on any atom is 0.431 e. The first kappa shape index (κ1) is 13.1. The number of carbonyl (C=O) groups excluding carboxylic acids is 2. The van der Waals surface area contributed by atoms with Crippen LogP contribution in [0.5, 0.6) is 0 Å². The van der Waals surface area contributed by atoms with Crippen molar-refractivity contribution in [1.82, 2.24) is 4.31 Å². The van der Waals surface area contributed by atoms with Crippen LogP contribution in [0.25, 0.3) is 0 Å². The van der Waals surface area contributed by atoms with Gasteiger partial charge in [-0.1, -0.05) is 12.1 Å². The van der Waals surface area contributed by atoms with Crippen LogP contribution in [-0.4, -0.2) is 31.3 Å². The summed E-state index contributed by atoms with van der Waals surface area (Å²) in [5, 5.41) is 0. The number of terminal acetylenes is 1. The van der Waals surface area contributed by atoms with Gasteiger partial charge in [0.25, 0.3) is 15.9 Å². The van der Waals surface area contributed by atoms with E-state index in [-0.39, 0.29) is 27.8 Å². The summed E-state index contributed by atoms with van der Waals surface area (Å²) < 4.78 is 28.8. The molecule has 0 aromatic heterocycles. The summed E-state index contributed by atoms with van der Waals surface area (Å²) in [6.07, 6.45) is 3.88. The second-order valence-corrected chi connectivity index (χ2v) is 5.39. The van der Waals surface area contributed by atoms with Gasteiger partial charge in [0.2, 0.25) is 0 Å². The van der Waals surface area contributed by atoms with Crippen molar-refractivity contribution < 1.29 is 22.7 Å². The van der Waals surface area contributed by atoms with Crippen LogP contribution in [0.2, 0.25) is 0 Å². The van der Waals surface area contributed by atoms with Gasteiger partial charge in [-0.05, 0) is 12.1 Å². The first-order valence-corrected chi connectivity index (χ1v) is 6.73. The zero-order valence-electron chi connectivity index (χ0n) is 9.70. The van der Waals surface area contributed by atoms with Crippen molar-refractivity contribution in [3.8, 4) is 12.3 Å². The minimum Gasteiger partial charge on any atom is -0.447 e. The normalized spacial score (nSPS) is 15.7. The number of hydrogen-bond acceptors (Lipinski definition) is 5. The molecule has 0 bridgehead atoms. The summed E-state index contributed by atoms with van der Waals surface area (Å²) in [6, 6.07) is 5.58. The summed E-state index contributed by atoms with van der Waals surface area (Å²) in [6.45, 7) is -0.148. The number of fused-ring (bicyclic) bond motifs is 1. The lowest BCUT2D eigenvalue weighted by Gasteiger charge is -2.12. The molecule has 0 aliphatic carbocycles. The number of imide groups is 1. The quantitative estimate of drug-likeness (QED) is 0.595. The molecule has 0 spiro atoms. The van der Waals surface area contributed by atoms with Crippen molar-refractivity contribution in [2.75, 3.05) is 6.61 Å². The Kier molecular flexibility index (Phi) is 3.27. The Morgan fingerprint density at radius 2 is 2.05 bits per heavy atom. The number of nitrogens with zero attached hydrogens (tertiary/aromatic N) is 1. The first-order chi connectivity index (χ1) is 9.00. The highest BCUT2D eigenvalue weighted by Crippen LogP contribution is 2.30. The van der Waals surface area contributed by atoms with E-state index in [9.17, 15) is 18.0 Å². The van der Waals surface area contributed by atoms with Gasteiger partial charge < -0.3 is 4.74 Å². The van der Waals surface area contributed by atoms with Crippen LogP contribution in [0, 0.1) is 12.3 Å². The van der Waals surface area contributed by atoms with Crippen LogP contribution < -0.4 is 0 Å². The minimum atomic E-state index is -4.17. The third-order valence-electron chi connectivity index (χ3n) is 2.46. The molecule has 0 N–H and O–H groups in total. The monoisotopic (exact) mass is 279 g/mol. The van der Waals surface area contributed by atoms with E-state index >= 15 is 0 Å². The number of carbonyl (C=O) groups is 2. The molecule has 2 amide bonds. The van der Waals surface area contributed by atoms with Crippen molar-refractivity contribution in [3.05, 3.63) is 29.8 Å². The molecule has 0 saturated heterocycles. The Morgan fingerprint density at radius 3 is 2.68 bits per heavy atom. The SMILES string of the molecule is C#CCCOC(=O)N1C(=O)c2ccccc2S1(=O)=O. The molecule has 98 valence electrons. The van der Waals surface area contributed by atoms with Gasteiger partial charge in [0.1, 0.15) is 11.5 Å². The highest BCUT2D eigenvalue weighted by atomic mass is 32.2. The molecule has 1 heterocycles. The van der Waals surface area contributed by atoms with Gasteiger partial charge in [0, 0.05) is 6.42 Å². The lowest BCUT2D eigenvalue weighted by atomic mass is 10.2. The van der Waals surface area contributed by atoms with E-state index in [4.69, 9.17) is 6.42 Å². The third kappa shape index (κ3) is 2.06. The van der Waals surface area contributed by atoms with Crippen molar-refractivity contribution in [2.45, 2.75) is 11.3 Å². The van der Waals surface area contributed by atoms with Gasteiger partial charge in [-0.15, -0.1) is 16.6 Å². The van der Waals surface area contributed by atoms with Crippen molar-refractivity contribution in [2.24, 2.45) is 0 Å². The van der Waals surface area contributed by atoms with E-state index in [1.165, 1.54) is 24.3 Å². The summed E-state index contributed by atoms with van der Waals surface area (Å²) >= 11 is 0. The summed E-state index contributed by atoms with van der Waals surface area (Å²) in [4.78, 5) is 23.3. The Labute approximate surface area is 110 Å². The smallest absolute Gasteiger partial charge is 0.431 e. The largest absolute Gasteiger partial charge is 0.447 e. The third-order valence-corrected chi connectivity index (χ3v) is 4.17. The highest BCUT2D eigenvalue weighted by Gasteiger charge is 2.46. The van der Waals surface area contributed by atoms with Crippen LogP contribution in [0.4, 0.5) is 4.79 Å². The van der Waals surface area contributed by atoms with Crippen LogP contribution in [-0.2, 0) is 14.8 Å².